The maximum absolute atomic E-state index is 13.0. The van der Waals surface area contributed by atoms with E-state index in [-0.39, 0.29) is 17.5 Å². The summed E-state index contributed by atoms with van der Waals surface area (Å²) in [6.45, 7) is 3.82. The molecule has 5 nitrogen and oxygen atoms in total. The van der Waals surface area contributed by atoms with Gasteiger partial charge in [0.25, 0.3) is 5.91 Å². The number of amides is 1. The van der Waals surface area contributed by atoms with Crippen LogP contribution in [0.25, 0.3) is 11.3 Å². The molecule has 2 aromatic carbocycles. The fourth-order valence-electron chi connectivity index (χ4n) is 2.51. The number of carbonyl (C=O) groups is 1. The predicted molar refractivity (Wildman–Crippen MR) is 97.1 cm³/mol. The summed E-state index contributed by atoms with van der Waals surface area (Å²) in [6.07, 6.45) is -4.55. The van der Waals surface area contributed by atoms with Crippen molar-refractivity contribution in [2.75, 3.05) is 5.32 Å². The molecule has 8 heteroatoms. The summed E-state index contributed by atoms with van der Waals surface area (Å²) < 4.78 is 49.8. The molecule has 3 rings (SSSR count). The van der Waals surface area contributed by atoms with Crippen LogP contribution in [0, 0.1) is 0 Å². The second kappa shape index (κ2) is 7.75. The van der Waals surface area contributed by atoms with Gasteiger partial charge < -0.3 is 14.6 Å². The summed E-state index contributed by atoms with van der Waals surface area (Å²) in [6, 6.07) is 13.1. The van der Waals surface area contributed by atoms with E-state index in [2.05, 4.69) is 10.5 Å². The van der Waals surface area contributed by atoms with Gasteiger partial charge in [0.1, 0.15) is 5.75 Å². The zero-order valence-corrected chi connectivity index (χ0v) is 15.1. The van der Waals surface area contributed by atoms with Crippen LogP contribution in [0.2, 0.25) is 0 Å². The zero-order valence-electron chi connectivity index (χ0n) is 15.1. The van der Waals surface area contributed by atoms with Crippen molar-refractivity contribution >= 4 is 11.6 Å². The number of aromatic nitrogens is 1. The number of para-hydroxylation sites is 1. The molecular formula is C20H17F3N2O3. The van der Waals surface area contributed by atoms with Crippen molar-refractivity contribution in [3.05, 3.63) is 65.9 Å². The first-order valence-electron chi connectivity index (χ1n) is 8.45. The van der Waals surface area contributed by atoms with Crippen LogP contribution < -0.4 is 10.1 Å². The predicted octanol–water partition coefficient (Wildman–Crippen LogP) is 5.40. The highest BCUT2D eigenvalue weighted by Crippen LogP contribution is 2.34. The SMILES string of the molecule is CC(C)Oc1ccc(-c2cc(C(=O)Nc3ccccc3C(F)(F)F)no2)cc1. The molecule has 1 amide bonds. The molecule has 0 bridgehead atoms. The van der Waals surface area contributed by atoms with E-state index < -0.39 is 17.6 Å². The summed E-state index contributed by atoms with van der Waals surface area (Å²) in [5, 5.41) is 5.88. The molecule has 0 fully saturated rings. The molecule has 0 saturated carbocycles. The van der Waals surface area contributed by atoms with Gasteiger partial charge in [-0.1, -0.05) is 17.3 Å². The molecule has 28 heavy (non-hydrogen) atoms. The topological polar surface area (TPSA) is 64.4 Å². The largest absolute Gasteiger partial charge is 0.491 e. The Labute approximate surface area is 159 Å². The van der Waals surface area contributed by atoms with Crippen LogP contribution in [-0.4, -0.2) is 17.2 Å². The average molecular weight is 390 g/mol. The van der Waals surface area contributed by atoms with Gasteiger partial charge in [-0.25, -0.2) is 0 Å². The molecule has 1 heterocycles. The number of nitrogens with one attached hydrogen (secondary N) is 1. The van der Waals surface area contributed by atoms with Gasteiger partial charge in [0, 0.05) is 11.6 Å². The Bertz CT molecular complexity index is 963. The molecule has 0 aliphatic rings. The van der Waals surface area contributed by atoms with Gasteiger partial charge >= 0.3 is 6.18 Å². The van der Waals surface area contributed by atoms with Gasteiger partial charge in [0.05, 0.1) is 17.4 Å². The molecule has 0 radical (unpaired) electrons. The normalized spacial score (nSPS) is 11.5. The van der Waals surface area contributed by atoms with Crippen LogP contribution in [0.3, 0.4) is 0 Å². The van der Waals surface area contributed by atoms with E-state index in [9.17, 15) is 18.0 Å². The Morgan fingerprint density at radius 3 is 2.43 bits per heavy atom. The summed E-state index contributed by atoms with van der Waals surface area (Å²) >= 11 is 0. The van der Waals surface area contributed by atoms with E-state index in [4.69, 9.17) is 9.26 Å². The second-order valence-electron chi connectivity index (χ2n) is 6.26. The Kier molecular flexibility index (Phi) is 5.39. The summed E-state index contributed by atoms with van der Waals surface area (Å²) in [7, 11) is 0. The third-order valence-electron chi connectivity index (χ3n) is 3.73. The highest BCUT2D eigenvalue weighted by Gasteiger charge is 2.33. The lowest BCUT2D eigenvalue weighted by molar-refractivity contribution is -0.136. The van der Waals surface area contributed by atoms with Crippen molar-refractivity contribution < 1.29 is 27.2 Å². The van der Waals surface area contributed by atoms with Crippen LogP contribution in [0.15, 0.2) is 59.1 Å². The van der Waals surface area contributed by atoms with E-state index in [0.717, 1.165) is 6.07 Å². The number of halogens is 3. The van der Waals surface area contributed by atoms with Crippen molar-refractivity contribution in [3.63, 3.8) is 0 Å². The molecule has 0 aliphatic heterocycles. The van der Waals surface area contributed by atoms with E-state index >= 15 is 0 Å². The lowest BCUT2D eigenvalue weighted by Crippen LogP contribution is -2.16. The number of benzene rings is 2. The molecule has 0 spiro atoms. The number of hydrogen-bond acceptors (Lipinski definition) is 4. The van der Waals surface area contributed by atoms with Crippen molar-refractivity contribution in [1.29, 1.82) is 0 Å². The van der Waals surface area contributed by atoms with Crippen LogP contribution in [-0.2, 0) is 6.18 Å². The second-order valence-corrected chi connectivity index (χ2v) is 6.26. The quantitative estimate of drug-likeness (QED) is 0.634. The van der Waals surface area contributed by atoms with Gasteiger partial charge in [-0.2, -0.15) is 13.2 Å². The molecule has 0 saturated heterocycles. The minimum absolute atomic E-state index is 0.0333. The third-order valence-corrected chi connectivity index (χ3v) is 3.73. The Morgan fingerprint density at radius 1 is 1.11 bits per heavy atom. The van der Waals surface area contributed by atoms with Gasteiger partial charge in [-0.05, 0) is 50.2 Å². The molecule has 146 valence electrons. The van der Waals surface area contributed by atoms with Gasteiger partial charge in [0.2, 0.25) is 0 Å². The third kappa shape index (κ3) is 4.51. The van der Waals surface area contributed by atoms with E-state index in [0.29, 0.717) is 17.1 Å². The van der Waals surface area contributed by atoms with Crippen molar-refractivity contribution in [2.45, 2.75) is 26.1 Å². The number of rotatable bonds is 5. The summed E-state index contributed by atoms with van der Waals surface area (Å²) in [5.41, 5.74) is -0.764. The Morgan fingerprint density at radius 2 is 1.79 bits per heavy atom. The lowest BCUT2D eigenvalue weighted by Gasteiger charge is -2.12. The Hall–Kier alpha value is -3.29. The van der Waals surface area contributed by atoms with E-state index in [1.165, 1.54) is 24.3 Å². The van der Waals surface area contributed by atoms with Crippen LogP contribution in [0.5, 0.6) is 5.75 Å². The molecule has 0 atom stereocenters. The first-order chi connectivity index (χ1) is 13.2. The highest BCUT2D eigenvalue weighted by molar-refractivity contribution is 6.03. The molecule has 1 N–H and O–H groups in total. The summed E-state index contributed by atoms with van der Waals surface area (Å²) in [5.74, 6) is 0.191. The highest BCUT2D eigenvalue weighted by atomic mass is 19.4. The molecule has 1 aromatic heterocycles. The maximum atomic E-state index is 13.0. The van der Waals surface area contributed by atoms with Gasteiger partial charge in [-0.3, -0.25) is 4.79 Å². The number of ether oxygens (including phenoxy) is 1. The first kappa shape index (κ1) is 19.5. The van der Waals surface area contributed by atoms with Crippen molar-refractivity contribution in [1.82, 2.24) is 5.16 Å². The van der Waals surface area contributed by atoms with Crippen LogP contribution in [0.4, 0.5) is 18.9 Å². The van der Waals surface area contributed by atoms with Crippen molar-refractivity contribution in [3.8, 4) is 17.1 Å². The molecule has 0 unspecified atom stereocenters. The number of nitrogens with zero attached hydrogens (tertiary/aromatic N) is 1. The average Bonchev–Trinajstić information content (AvgIpc) is 3.12. The smallest absolute Gasteiger partial charge is 0.418 e. The van der Waals surface area contributed by atoms with Gasteiger partial charge in [0.15, 0.2) is 11.5 Å². The van der Waals surface area contributed by atoms with Crippen LogP contribution >= 0.6 is 0 Å². The first-order valence-corrected chi connectivity index (χ1v) is 8.45. The lowest BCUT2D eigenvalue weighted by atomic mass is 10.1. The zero-order chi connectivity index (χ0) is 20.3. The minimum atomic E-state index is -4.58. The van der Waals surface area contributed by atoms with E-state index in [1.807, 2.05) is 13.8 Å². The van der Waals surface area contributed by atoms with Crippen molar-refractivity contribution in [2.24, 2.45) is 0 Å². The standard InChI is InChI=1S/C20H17F3N2O3/c1-12(2)27-14-9-7-13(8-10-14)18-11-17(25-28-18)19(26)24-16-6-4-3-5-15(16)20(21,22)23/h3-12H,1-2H3,(H,24,26). The molecule has 3 aromatic rings. The summed E-state index contributed by atoms with van der Waals surface area (Å²) in [4.78, 5) is 12.3. The number of anilines is 1. The number of alkyl halides is 3. The fraction of sp³-hybridized carbons (Fsp3) is 0.200. The molecule has 0 aliphatic carbocycles. The fourth-order valence-corrected chi connectivity index (χ4v) is 2.51. The monoisotopic (exact) mass is 390 g/mol. The maximum Gasteiger partial charge on any atom is 0.418 e. The Balaban J connectivity index is 1.76. The number of hydrogen-bond donors (Lipinski definition) is 1. The number of carbonyl (C=O) groups excluding carboxylic acids is 1. The van der Waals surface area contributed by atoms with Crippen LogP contribution in [0.1, 0.15) is 29.9 Å². The minimum Gasteiger partial charge on any atom is -0.491 e. The molecular weight excluding hydrogens is 373 g/mol. The van der Waals surface area contributed by atoms with E-state index in [1.54, 1.807) is 24.3 Å². The van der Waals surface area contributed by atoms with Gasteiger partial charge in [-0.15, -0.1) is 0 Å².